The van der Waals surface area contributed by atoms with E-state index in [4.69, 9.17) is 43.7 Å². The molecule has 0 aliphatic carbocycles. The lowest BCUT2D eigenvalue weighted by Gasteiger charge is -2.12. The van der Waals surface area contributed by atoms with E-state index in [1.807, 2.05) is 0 Å². The largest absolute Gasteiger partial charge is 0.496 e. The van der Waals surface area contributed by atoms with Crippen LogP contribution >= 0.6 is 23.2 Å². The van der Waals surface area contributed by atoms with Gasteiger partial charge in [0.15, 0.2) is 0 Å². The van der Waals surface area contributed by atoms with Gasteiger partial charge in [-0.2, -0.15) is 5.26 Å². The Balaban J connectivity index is 2.24. The van der Waals surface area contributed by atoms with E-state index >= 15 is 0 Å². The van der Waals surface area contributed by atoms with Crippen LogP contribution in [0.5, 0.6) is 11.5 Å². The van der Waals surface area contributed by atoms with Crippen LogP contribution in [0.15, 0.2) is 30.3 Å². The predicted octanol–water partition coefficient (Wildman–Crippen LogP) is 4.03. The zero-order chi connectivity index (χ0) is 15.4. The Labute approximate surface area is 132 Å². The molecule has 0 heterocycles. The van der Waals surface area contributed by atoms with Crippen LogP contribution in [0.1, 0.15) is 11.1 Å². The van der Waals surface area contributed by atoms with Crippen LogP contribution in [0.2, 0.25) is 10.0 Å². The third kappa shape index (κ3) is 3.52. The molecule has 0 unspecified atom stereocenters. The molecule has 2 aromatic rings. The second kappa shape index (κ2) is 6.57. The summed E-state index contributed by atoms with van der Waals surface area (Å²) >= 11 is 11.8. The lowest BCUT2D eigenvalue weighted by atomic mass is 10.1. The zero-order valence-corrected chi connectivity index (χ0v) is 12.7. The summed E-state index contributed by atoms with van der Waals surface area (Å²) in [5.74, 6) is 1.06. The molecular weight excluding hydrogens is 311 g/mol. The minimum atomic E-state index is 0.195. The number of ether oxygens (including phenoxy) is 2. The minimum absolute atomic E-state index is 0.195. The molecule has 0 fully saturated rings. The van der Waals surface area contributed by atoms with Gasteiger partial charge < -0.3 is 15.2 Å². The zero-order valence-electron chi connectivity index (χ0n) is 11.2. The molecule has 0 spiro atoms. The summed E-state index contributed by atoms with van der Waals surface area (Å²) in [6, 6.07) is 10.3. The van der Waals surface area contributed by atoms with Crippen LogP contribution in [-0.4, -0.2) is 7.11 Å². The van der Waals surface area contributed by atoms with Gasteiger partial charge >= 0.3 is 0 Å². The normalized spacial score (nSPS) is 10.0. The van der Waals surface area contributed by atoms with Crippen molar-refractivity contribution in [1.82, 2.24) is 0 Å². The van der Waals surface area contributed by atoms with Crippen molar-refractivity contribution in [3.05, 3.63) is 51.5 Å². The van der Waals surface area contributed by atoms with Gasteiger partial charge in [-0.25, -0.2) is 0 Å². The third-order valence-corrected chi connectivity index (χ3v) is 3.57. The second-order valence-electron chi connectivity index (χ2n) is 4.23. The molecule has 2 N–H and O–H groups in total. The summed E-state index contributed by atoms with van der Waals surface area (Å²) in [6.07, 6.45) is 0. The maximum Gasteiger partial charge on any atom is 0.144 e. The van der Waals surface area contributed by atoms with Crippen molar-refractivity contribution < 1.29 is 9.47 Å². The first-order chi connectivity index (χ1) is 10.0. The third-order valence-electron chi connectivity index (χ3n) is 2.85. The maximum absolute atomic E-state index is 8.94. The van der Waals surface area contributed by atoms with Gasteiger partial charge in [0.1, 0.15) is 18.1 Å². The fourth-order valence-corrected chi connectivity index (χ4v) is 2.11. The standard InChI is InChI=1S/C15H12Cl2N2O2/c1-20-14-3-2-9(7-18)4-10(14)8-21-15-6-12(17)11(16)5-13(15)19/h2-6H,8,19H2,1H3. The highest BCUT2D eigenvalue weighted by molar-refractivity contribution is 6.42. The van der Waals surface area contributed by atoms with Crippen molar-refractivity contribution in [2.24, 2.45) is 0 Å². The predicted molar refractivity (Wildman–Crippen MR) is 82.9 cm³/mol. The lowest BCUT2D eigenvalue weighted by Crippen LogP contribution is -2.01. The Kier molecular flexibility index (Phi) is 4.79. The van der Waals surface area contributed by atoms with Gasteiger partial charge in [-0.05, 0) is 24.3 Å². The van der Waals surface area contributed by atoms with E-state index < -0.39 is 0 Å². The van der Waals surface area contributed by atoms with E-state index in [9.17, 15) is 0 Å². The Morgan fingerprint density at radius 1 is 1.14 bits per heavy atom. The molecule has 0 aliphatic rings. The molecule has 0 aliphatic heterocycles. The first-order valence-corrected chi connectivity index (χ1v) is 6.75. The van der Waals surface area contributed by atoms with Crippen molar-refractivity contribution in [3.8, 4) is 17.6 Å². The number of benzene rings is 2. The molecule has 2 rings (SSSR count). The van der Waals surface area contributed by atoms with Gasteiger partial charge in [-0.15, -0.1) is 0 Å². The molecule has 21 heavy (non-hydrogen) atoms. The van der Waals surface area contributed by atoms with E-state index in [1.54, 1.807) is 31.4 Å². The second-order valence-corrected chi connectivity index (χ2v) is 5.05. The number of rotatable bonds is 4. The summed E-state index contributed by atoms with van der Waals surface area (Å²) in [4.78, 5) is 0. The number of halogens is 2. The van der Waals surface area contributed by atoms with Crippen molar-refractivity contribution >= 4 is 28.9 Å². The molecule has 0 saturated carbocycles. The molecule has 2 aromatic carbocycles. The molecule has 0 bridgehead atoms. The minimum Gasteiger partial charge on any atom is -0.496 e. The van der Waals surface area contributed by atoms with E-state index in [0.717, 1.165) is 5.56 Å². The molecule has 0 aromatic heterocycles. The monoisotopic (exact) mass is 322 g/mol. The van der Waals surface area contributed by atoms with Crippen LogP contribution in [0.25, 0.3) is 0 Å². The Hall–Kier alpha value is -2.09. The Morgan fingerprint density at radius 3 is 2.52 bits per heavy atom. The molecule has 0 amide bonds. The SMILES string of the molecule is COc1ccc(C#N)cc1COc1cc(Cl)c(Cl)cc1N. The first kappa shape index (κ1) is 15.3. The van der Waals surface area contributed by atoms with Gasteiger partial charge in [0.2, 0.25) is 0 Å². The van der Waals surface area contributed by atoms with Gasteiger partial charge in [0.25, 0.3) is 0 Å². The van der Waals surface area contributed by atoms with E-state index in [2.05, 4.69) is 6.07 Å². The molecule has 108 valence electrons. The first-order valence-electron chi connectivity index (χ1n) is 5.99. The summed E-state index contributed by atoms with van der Waals surface area (Å²) in [5, 5.41) is 9.66. The quantitative estimate of drug-likeness (QED) is 0.862. The van der Waals surface area contributed by atoms with Crippen molar-refractivity contribution in [3.63, 3.8) is 0 Å². The number of hydrogen-bond donors (Lipinski definition) is 1. The molecule has 0 radical (unpaired) electrons. The molecule has 4 nitrogen and oxygen atoms in total. The highest BCUT2D eigenvalue weighted by Gasteiger charge is 2.09. The fourth-order valence-electron chi connectivity index (χ4n) is 1.79. The highest BCUT2D eigenvalue weighted by Crippen LogP contribution is 2.33. The number of nitrogen functional groups attached to an aromatic ring is 1. The topological polar surface area (TPSA) is 68.3 Å². The fraction of sp³-hybridized carbons (Fsp3) is 0.133. The van der Waals surface area contributed by atoms with E-state index in [0.29, 0.717) is 32.8 Å². The average Bonchev–Trinajstić information content (AvgIpc) is 2.49. The van der Waals surface area contributed by atoms with Crippen LogP contribution in [0.3, 0.4) is 0 Å². The number of nitrogens with two attached hydrogens (primary N) is 1. The summed E-state index contributed by atoms with van der Waals surface area (Å²) in [5.41, 5.74) is 7.48. The van der Waals surface area contributed by atoms with Crippen molar-refractivity contribution in [2.45, 2.75) is 6.61 Å². The smallest absolute Gasteiger partial charge is 0.144 e. The van der Waals surface area contributed by atoms with E-state index in [-0.39, 0.29) is 6.61 Å². The molecule has 6 heteroatoms. The van der Waals surface area contributed by atoms with Crippen LogP contribution in [0, 0.1) is 11.3 Å². The van der Waals surface area contributed by atoms with Crippen molar-refractivity contribution in [2.75, 3.05) is 12.8 Å². The average molecular weight is 323 g/mol. The number of hydrogen-bond acceptors (Lipinski definition) is 4. The molecule has 0 atom stereocenters. The van der Waals surface area contributed by atoms with E-state index in [1.165, 1.54) is 6.07 Å². The van der Waals surface area contributed by atoms with Gasteiger partial charge in [-0.3, -0.25) is 0 Å². The summed E-state index contributed by atoms with van der Waals surface area (Å²) in [6.45, 7) is 0.195. The maximum atomic E-state index is 8.94. The Morgan fingerprint density at radius 2 is 1.86 bits per heavy atom. The summed E-state index contributed by atoms with van der Waals surface area (Å²) in [7, 11) is 1.55. The summed E-state index contributed by atoms with van der Waals surface area (Å²) < 4.78 is 10.9. The van der Waals surface area contributed by atoms with Crippen molar-refractivity contribution in [1.29, 1.82) is 5.26 Å². The lowest BCUT2D eigenvalue weighted by molar-refractivity contribution is 0.298. The van der Waals surface area contributed by atoms with Crippen LogP contribution < -0.4 is 15.2 Å². The number of nitriles is 1. The van der Waals surface area contributed by atoms with Gasteiger partial charge in [0.05, 0.1) is 34.5 Å². The Bertz CT molecular complexity index is 712. The van der Waals surface area contributed by atoms with Crippen LogP contribution in [0.4, 0.5) is 5.69 Å². The van der Waals surface area contributed by atoms with Crippen LogP contribution in [-0.2, 0) is 6.61 Å². The van der Waals surface area contributed by atoms with Gasteiger partial charge in [-0.1, -0.05) is 23.2 Å². The number of anilines is 1. The number of methoxy groups -OCH3 is 1. The molecule has 0 saturated heterocycles. The number of nitrogens with zero attached hydrogens (tertiary/aromatic N) is 1. The molecular formula is C15H12Cl2N2O2. The van der Waals surface area contributed by atoms with Gasteiger partial charge in [0, 0.05) is 11.6 Å². The highest BCUT2D eigenvalue weighted by atomic mass is 35.5.